The van der Waals surface area contributed by atoms with Gasteiger partial charge in [0.15, 0.2) is 0 Å². The molecule has 0 saturated heterocycles. The van der Waals surface area contributed by atoms with E-state index < -0.39 is 5.60 Å². The van der Waals surface area contributed by atoms with Crippen LogP contribution in [0.4, 0.5) is 0 Å². The molecule has 0 N–H and O–H groups in total. The molecule has 0 unspecified atom stereocenters. The summed E-state index contributed by atoms with van der Waals surface area (Å²) in [6.07, 6.45) is 5.01. The molecular formula is C21H26ClN3O2. The zero-order chi connectivity index (χ0) is 19.6. The monoisotopic (exact) mass is 387 g/mol. The van der Waals surface area contributed by atoms with Crippen molar-refractivity contribution in [2.45, 2.75) is 59.1 Å². The molecule has 0 aliphatic heterocycles. The number of hydrogen-bond acceptors (Lipinski definition) is 3. The van der Waals surface area contributed by atoms with Crippen molar-refractivity contribution in [1.29, 1.82) is 0 Å². The highest BCUT2D eigenvalue weighted by Gasteiger charge is 2.19. The topological polar surface area (TPSA) is 48.5 Å². The van der Waals surface area contributed by atoms with Gasteiger partial charge in [-0.25, -0.2) is 4.98 Å². The Morgan fingerprint density at radius 1 is 1.15 bits per heavy atom. The van der Waals surface area contributed by atoms with Crippen LogP contribution < -0.4 is 10.3 Å². The van der Waals surface area contributed by atoms with Gasteiger partial charge in [-0.3, -0.25) is 13.8 Å². The molecule has 0 bridgehead atoms. The quantitative estimate of drug-likeness (QED) is 0.547. The summed E-state index contributed by atoms with van der Waals surface area (Å²) in [5.41, 5.74) is 1.11. The summed E-state index contributed by atoms with van der Waals surface area (Å²) in [5, 5.41) is 0.669. The lowest BCUT2D eigenvalue weighted by molar-refractivity contribution is 0.116. The van der Waals surface area contributed by atoms with Crippen molar-refractivity contribution >= 4 is 17.4 Å². The minimum atomic E-state index is -0.400. The second-order valence-corrected chi connectivity index (χ2v) is 8.13. The summed E-state index contributed by atoms with van der Waals surface area (Å²) in [7, 11) is 0. The Kier molecular flexibility index (Phi) is 5.61. The van der Waals surface area contributed by atoms with E-state index in [0.717, 1.165) is 37.1 Å². The maximum atomic E-state index is 12.7. The average molecular weight is 388 g/mol. The fourth-order valence-electron chi connectivity index (χ4n) is 2.96. The molecule has 6 heteroatoms. The molecule has 0 spiro atoms. The molecular weight excluding hydrogens is 362 g/mol. The number of fused-ring (bicyclic) bond motifs is 1. The minimum Gasteiger partial charge on any atom is -0.473 e. The van der Waals surface area contributed by atoms with Gasteiger partial charge in [0.2, 0.25) is 11.7 Å². The molecule has 1 aromatic carbocycles. The lowest BCUT2D eigenvalue weighted by Crippen LogP contribution is -2.28. The predicted molar refractivity (Wildman–Crippen MR) is 110 cm³/mol. The number of aromatic nitrogens is 3. The van der Waals surface area contributed by atoms with Crippen LogP contribution in [0.3, 0.4) is 0 Å². The molecule has 0 saturated carbocycles. The molecule has 0 radical (unpaired) electrons. The Bertz CT molecular complexity index is 982. The van der Waals surface area contributed by atoms with Crippen molar-refractivity contribution < 1.29 is 4.74 Å². The number of nitrogens with zero attached hydrogens (tertiary/aromatic N) is 3. The summed E-state index contributed by atoms with van der Waals surface area (Å²) < 4.78 is 9.67. The molecule has 0 atom stereocenters. The Morgan fingerprint density at radius 3 is 2.48 bits per heavy atom. The van der Waals surface area contributed by atoms with Gasteiger partial charge in [0, 0.05) is 23.3 Å². The standard InChI is InChI=1S/C21H26ClN3O2/c1-5-6-7-12-24-19(27-21(2,3)4)13-18(26)25-14-17(23-20(24)25)15-8-10-16(22)11-9-15/h8-11,13-14H,5-7,12H2,1-4H3. The van der Waals surface area contributed by atoms with E-state index in [9.17, 15) is 4.79 Å². The van der Waals surface area contributed by atoms with Gasteiger partial charge in [0.1, 0.15) is 5.60 Å². The fraction of sp³-hybridized carbons (Fsp3) is 0.429. The van der Waals surface area contributed by atoms with Crippen molar-refractivity contribution in [3.8, 4) is 17.1 Å². The molecule has 2 aromatic heterocycles. The zero-order valence-electron chi connectivity index (χ0n) is 16.3. The van der Waals surface area contributed by atoms with E-state index >= 15 is 0 Å². The Morgan fingerprint density at radius 2 is 1.85 bits per heavy atom. The number of benzene rings is 1. The van der Waals surface area contributed by atoms with Crippen LogP contribution in [0.2, 0.25) is 5.02 Å². The Hall–Kier alpha value is -2.27. The number of halogens is 1. The van der Waals surface area contributed by atoms with Crippen LogP contribution in [-0.2, 0) is 6.54 Å². The number of rotatable bonds is 6. The maximum Gasteiger partial charge on any atom is 0.262 e. The third-order valence-electron chi connectivity index (χ3n) is 4.22. The van der Waals surface area contributed by atoms with E-state index in [1.165, 1.54) is 0 Å². The van der Waals surface area contributed by atoms with Gasteiger partial charge in [0.25, 0.3) is 5.56 Å². The lowest BCUT2D eigenvalue weighted by atomic mass is 10.2. The first-order chi connectivity index (χ1) is 12.8. The molecule has 0 fully saturated rings. The van der Waals surface area contributed by atoms with Crippen LogP contribution in [0.1, 0.15) is 47.0 Å². The highest BCUT2D eigenvalue weighted by molar-refractivity contribution is 6.30. The second-order valence-electron chi connectivity index (χ2n) is 7.70. The Labute approximate surface area is 164 Å². The molecule has 3 aromatic rings. The number of imidazole rings is 1. The van der Waals surface area contributed by atoms with Gasteiger partial charge in [0.05, 0.1) is 11.8 Å². The van der Waals surface area contributed by atoms with Crippen LogP contribution in [-0.4, -0.2) is 19.6 Å². The van der Waals surface area contributed by atoms with E-state index in [1.54, 1.807) is 16.7 Å². The first kappa shape index (κ1) is 19.5. The second kappa shape index (κ2) is 7.77. The fourth-order valence-corrected chi connectivity index (χ4v) is 3.09. The van der Waals surface area contributed by atoms with Crippen LogP contribution >= 0.6 is 11.6 Å². The smallest absolute Gasteiger partial charge is 0.262 e. The molecule has 27 heavy (non-hydrogen) atoms. The molecule has 2 heterocycles. The first-order valence-corrected chi connectivity index (χ1v) is 9.74. The molecule has 144 valence electrons. The highest BCUT2D eigenvalue weighted by atomic mass is 35.5. The summed E-state index contributed by atoms with van der Waals surface area (Å²) in [6.45, 7) is 8.84. The van der Waals surface area contributed by atoms with Crippen LogP contribution in [0.25, 0.3) is 17.0 Å². The Balaban J connectivity index is 2.14. The molecule has 0 amide bonds. The van der Waals surface area contributed by atoms with Gasteiger partial charge < -0.3 is 4.74 Å². The molecule has 3 rings (SSSR count). The maximum absolute atomic E-state index is 12.7. The van der Waals surface area contributed by atoms with E-state index in [-0.39, 0.29) is 5.56 Å². The van der Waals surface area contributed by atoms with Crippen molar-refractivity contribution in [3.05, 3.63) is 51.9 Å². The van der Waals surface area contributed by atoms with E-state index in [4.69, 9.17) is 21.3 Å². The SMILES string of the molecule is CCCCCn1c(OC(C)(C)C)cc(=O)n2cc(-c3ccc(Cl)cc3)nc12. The normalized spacial score (nSPS) is 11.9. The molecule has 0 aliphatic rings. The van der Waals surface area contributed by atoms with Gasteiger partial charge in [-0.2, -0.15) is 0 Å². The van der Waals surface area contributed by atoms with Gasteiger partial charge in [-0.05, 0) is 39.3 Å². The number of ether oxygens (including phenoxy) is 1. The number of unbranched alkanes of at least 4 members (excludes halogenated alkanes) is 2. The number of aryl methyl sites for hydroxylation is 1. The summed E-state index contributed by atoms with van der Waals surface area (Å²) in [5.74, 6) is 1.16. The van der Waals surface area contributed by atoms with E-state index in [2.05, 4.69) is 6.92 Å². The van der Waals surface area contributed by atoms with Crippen LogP contribution in [0.15, 0.2) is 41.3 Å². The summed E-state index contributed by atoms with van der Waals surface area (Å²) in [6, 6.07) is 9.01. The van der Waals surface area contributed by atoms with Gasteiger partial charge in [-0.1, -0.05) is 43.5 Å². The van der Waals surface area contributed by atoms with Crippen molar-refractivity contribution in [3.63, 3.8) is 0 Å². The summed E-state index contributed by atoms with van der Waals surface area (Å²) in [4.78, 5) is 17.4. The van der Waals surface area contributed by atoms with Crippen molar-refractivity contribution in [2.75, 3.05) is 0 Å². The minimum absolute atomic E-state index is 0.149. The largest absolute Gasteiger partial charge is 0.473 e. The predicted octanol–water partition coefficient (Wildman–Crippen LogP) is 5.18. The average Bonchev–Trinajstić information content (AvgIpc) is 3.03. The lowest BCUT2D eigenvalue weighted by Gasteiger charge is -2.24. The summed E-state index contributed by atoms with van der Waals surface area (Å²) >= 11 is 5.99. The third-order valence-corrected chi connectivity index (χ3v) is 4.47. The first-order valence-electron chi connectivity index (χ1n) is 9.36. The van der Waals surface area contributed by atoms with Crippen LogP contribution in [0, 0.1) is 0 Å². The van der Waals surface area contributed by atoms with E-state index in [1.807, 2.05) is 49.6 Å². The third kappa shape index (κ3) is 4.53. The van der Waals surface area contributed by atoms with Crippen molar-refractivity contribution in [2.24, 2.45) is 0 Å². The van der Waals surface area contributed by atoms with Gasteiger partial charge >= 0.3 is 0 Å². The number of hydrogen-bond donors (Lipinski definition) is 0. The van der Waals surface area contributed by atoms with E-state index in [0.29, 0.717) is 16.7 Å². The van der Waals surface area contributed by atoms with Crippen molar-refractivity contribution in [1.82, 2.24) is 14.0 Å². The molecule has 5 nitrogen and oxygen atoms in total. The zero-order valence-corrected chi connectivity index (χ0v) is 17.1. The van der Waals surface area contributed by atoms with Crippen LogP contribution in [0.5, 0.6) is 5.88 Å². The molecule has 0 aliphatic carbocycles. The highest BCUT2D eigenvalue weighted by Crippen LogP contribution is 2.24. The van der Waals surface area contributed by atoms with Gasteiger partial charge in [-0.15, -0.1) is 0 Å².